The lowest BCUT2D eigenvalue weighted by molar-refractivity contribution is -0.123. The van der Waals surface area contributed by atoms with Crippen LogP contribution in [0.3, 0.4) is 0 Å². The molecule has 0 radical (unpaired) electrons. The summed E-state index contributed by atoms with van der Waals surface area (Å²) in [6.45, 7) is 4.30. The highest BCUT2D eigenvalue weighted by Gasteiger charge is 2.17. The van der Waals surface area contributed by atoms with Crippen molar-refractivity contribution in [1.29, 1.82) is 0 Å². The van der Waals surface area contributed by atoms with Crippen LogP contribution in [0.4, 0.5) is 0 Å². The van der Waals surface area contributed by atoms with E-state index in [2.05, 4.69) is 31.3 Å². The van der Waals surface area contributed by atoms with Crippen LogP contribution in [0.1, 0.15) is 213 Å². The smallest absolute Gasteiger partial charge is 0.220 e. The minimum atomic E-state index is -0.837. The van der Waals surface area contributed by atoms with Crippen LogP contribution in [-0.2, 0) is 4.79 Å². The summed E-state index contributed by atoms with van der Waals surface area (Å²) in [5.41, 5.74) is 0. The molecule has 266 valence electrons. The van der Waals surface area contributed by atoms with Gasteiger partial charge in [-0.25, -0.2) is 0 Å². The maximum absolute atomic E-state index is 12.3. The molecule has 0 spiro atoms. The number of allylic oxidation sites excluding steroid dienone is 3. The quantitative estimate of drug-likeness (QED) is 0.0475. The molecule has 2 atom stereocenters. The van der Waals surface area contributed by atoms with Gasteiger partial charge in [0.05, 0.1) is 18.8 Å². The van der Waals surface area contributed by atoms with Crippen LogP contribution in [-0.4, -0.2) is 34.9 Å². The molecule has 0 heterocycles. The van der Waals surface area contributed by atoms with Crippen molar-refractivity contribution in [3.8, 4) is 0 Å². The summed E-state index contributed by atoms with van der Waals surface area (Å²) in [4.78, 5) is 12.3. The summed E-state index contributed by atoms with van der Waals surface area (Å²) in [6, 6.07) is -0.620. The van der Waals surface area contributed by atoms with Gasteiger partial charge in [0.1, 0.15) is 0 Å². The monoisotopic (exact) mass is 634 g/mol. The van der Waals surface area contributed by atoms with Gasteiger partial charge in [-0.2, -0.15) is 0 Å². The Bertz CT molecular complexity index is 647. The summed E-state index contributed by atoms with van der Waals surface area (Å²) in [5, 5.41) is 22.9. The number of carbonyl (C=O) groups excluding carboxylic acids is 1. The normalized spacial score (nSPS) is 13.2. The first-order chi connectivity index (χ1) is 22.2. The van der Waals surface area contributed by atoms with E-state index >= 15 is 0 Å². The molecule has 45 heavy (non-hydrogen) atoms. The zero-order valence-corrected chi connectivity index (χ0v) is 30.4. The van der Waals surface area contributed by atoms with Crippen LogP contribution in [0.5, 0.6) is 0 Å². The Labute approximate surface area is 281 Å². The highest BCUT2D eigenvalue weighted by atomic mass is 16.3. The van der Waals surface area contributed by atoms with Crippen molar-refractivity contribution in [2.24, 2.45) is 0 Å². The average Bonchev–Trinajstić information content (AvgIpc) is 3.04. The molecule has 0 aromatic heterocycles. The molecule has 0 aromatic carbocycles. The topological polar surface area (TPSA) is 69.6 Å². The van der Waals surface area contributed by atoms with Gasteiger partial charge >= 0.3 is 0 Å². The predicted molar refractivity (Wildman–Crippen MR) is 198 cm³/mol. The molecular weight excluding hydrogens is 554 g/mol. The first-order valence-electron chi connectivity index (χ1n) is 20.1. The second-order valence-electron chi connectivity index (χ2n) is 13.7. The molecule has 0 saturated carbocycles. The van der Waals surface area contributed by atoms with Gasteiger partial charge in [0.25, 0.3) is 0 Å². The molecule has 0 fully saturated rings. The molecule has 2 unspecified atom stereocenters. The summed E-state index contributed by atoms with van der Waals surface area (Å²) >= 11 is 0. The van der Waals surface area contributed by atoms with Gasteiger partial charge in [-0.15, -0.1) is 0 Å². The number of nitrogens with one attached hydrogen (secondary N) is 1. The Morgan fingerprint density at radius 2 is 0.844 bits per heavy atom. The molecule has 0 aliphatic carbocycles. The Hall–Kier alpha value is -1.13. The third kappa shape index (κ3) is 34.0. The van der Waals surface area contributed by atoms with Crippen molar-refractivity contribution in [2.45, 2.75) is 225 Å². The van der Waals surface area contributed by atoms with Crippen LogP contribution in [0.2, 0.25) is 0 Å². The van der Waals surface area contributed by atoms with Crippen LogP contribution < -0.4 is 5.32 Å². The second-order valence-corrected chi connectivity index (χ2v) is 13.7. The molecule has 0 saturated heterocycles. The van der Waals surface area contributed by atoms with E-state index in [0.29, 0.717) is 6.42 Å². The van der Waals surface area contributed by atoms with Gasteiger partial charge in [0.2, 0.25) is 5.91 Å². The SMILES string of the molecule is CCCCCCCCC/C=C\CCCCCCCCCC(=O)NC(CO)C(O)/C=C/CCCCCCCCCCCCCCC. The summed E-state index contributed by atoms with van der Waals surface area (Å²) in [5.74, 6) is -0.0683. The third-order valence-electron chi connectivity index (χ3n) is 9.18. The lowest BCUT2D eigenvalue weighted by atomic mass is 10.0. The fourth-order valence-electron chi connectivity index (χ4n) is 6.05. The van der Waals surface area contributed by atoms with E-state index in [1.165, 1.54) is 167 Å². The van der Waals surface area contributed by atoms with E-state index in [-0.39, 0.29) is 12.5 Å². The summed E-state index contributed by atoms with van der Waals surface area (Å²) < 4.78 is 0. The highest BCUT2D eigenvalue weighted by molar-refractivity contribution is 5.76. The molecule has 0 aliphatic rings. The number of rotatable bonds is 36. The zero-order chi connectivity index (χ0) is 32.9. The van der Waals surface area contributed by atoms with Crippen molar-refractivity contribution in [3.05, 3.63) is 24.3 Å². The molecule has 0 rings (SSSR count). The number of amides is 1. The lowest BCUT2D eigenvalue weighted by Crippen LogP contribution is -2.45. The number of hydrogen-bond acceptors (Lipinski definition) is 3. The van der Waals surface area contributed by atoms with Gasteiger partial charge in [-0.3, -0.25) is 4.79 Å². The van der Waals surface area contributed by atoms with Gasteiger partial charge in [-0.1, -0.05) is 186 Å². The Balaban J connectivity index is 3.59. The standard InChI is InChI=1S/C41H79NO3/c1-3-5-7-9-11-13-15-17-19-20-21-23-25-27-29-31-33-35-37-41(45)42-39(38-43)40(44)36-34-32-30-28-26-24-22-18-16-14-12-10-8-6-4-2/h19-20,34,36,39-40,43-44H,3-18,21-33,35,37-38H2,1-2H3,(H,42,45)/b20-19-,36-34+. The number of carbonyl (C=O) groups is 1. The Kier molecular flexibility index (Phi) is 36.4. The van der Waals surface area contributed by atoms with Gasteiger partial charge in [0.15, 0.2) is 0 Å². The molecule has 4 nitrogen and oxygen atoms in total. The number of aliphatic hydroxyl groups is 2. The highest BCUT2D eigenvalue weighted by Crippen LogP contribution is 2.14. The van der Waals surface area contributed by atoms with Gasteiger partial charge < -0.3 is 15.5 Å². The van der Waals surface area contributed by atoms with Crippen molar-refractivity contribution in [2.75, 3.05) is 6.61 Å². The van der Waals surface area contributed by atoms with E-state index < -0.39 is 12.1 Å². The molecule has 3 N–H and O–H groups in total. The van der Waals surface area contributed by atoms with Crippen molar-refractivity contribution in [3.63, 3.8) is 0 Å². The minimum absolute atomic E-state index is 0.0683. The van der Waals surface area contributed by atoms with Crippen LogP contribution >= 0.6 is 0 Å². The maximum Gasteiger partial charge on any atom is 0.220 e. The number of hydrogen-bond donors (Lipinski definition) is 3. The van der Waals surface area contributed by atoms with E-state index in [4.69, 9.17) is 0 Å². The largest absolute Gasteiger partial charge is 0.394 e. The van der Waals surface area contributed by atoms with Crippen molar-refractivity contribution in [1.82, 2.24) is 5.32 Å². The first kappa shape index (κ1) is 43.9. The predicted octanol–water partition coefficient (Wildman–Crippen LogP) is 12.1. The fraction of sp³-hybridized carbons (Fsp3) is 0.878. The molecule has 1 amide bonds. The van der Waals surface area contributed by atoms with Crippen LogP contribution in [0.15, 0.2) is 24.3 Å². The van der Waals surface area contributed by atoms with E-state index in [1.807, 2.05) is 6.08 Å². The van der Waals surface area contributed by atoms with Gasteiger partial charge in [-0.05, 0) is 44.9 Å². The molecular formula is C41H79NO3. The van der Waals surface area contributed by atoms with Crippen LogP contribution in [0, 0.1) is 0 Å². The fourth-order valence-corrected chi connectivity index (χ4v) is 6.05. The Morgan fingerprint density at radius 1 is 0.511 bits per heavy atom. The maximum atomic E-state index is 12.3. The molecule has 0 aliphatic heterocycles. The van der Waals surface area contributed by atoms with E-state index in [0.717, 1.165) is 25.7 Å². The molecule has 0 aromatic rings. The number of aliphatic hydroxyl groups excluding tert-OH is 2. The van der Waals surface area contributed by atoms with Crippen molar-refractivity contribution < 1.29 is 15.0 Å². The number of unbranched alkanes of at least 4 members (excludes halogenated alkanes) is 27. The lowest BCUT2D eigenvalue weighted by Gasteiger charge is -2.20. The van der Waals surface area contributed by atoms with Crippen LogP contribution in [0.25, 0.3) is 0 Å². The summed E-state index contributed by atoms with van der Waals surface area (Å²) in [6.07, 6.45) is 46.9. The molecule has 0 bridgehead atoms. The average molecular weight is 634 g/mol. The first-order valence-corrected chi connectivity index (χ1v) is 20.1. The van der Waals surface area contributed by atoms with E-state index in [1.54, 1.807) is 6.08 Å². The zero-order valence-electron chi connectivity index (χ0n) is 30.4. The molecule has 4 heteroatoms. The Morgan fingerprint density at radius 3 is 1.22 bits per heavy atom. The van der Waals surface area contributed by atoms with Gasteiger partial charge in [0, 0.05) is 6.42 Å². The minimum Gasteiger partial charge on any atom is -0.394 e. The second kappa shape index (κ2) is 37.3. The third-order valence-corrected chi connectivity index (χ3v) is 9.18. The summed E-state index contributed by atoms with van der Waals surface area (Å²) in [7, 11) is 0. The van der Waals surface area contributed by atoms with Crippen molar-refractivity contribution >= 4 is 5.91 Å². The van der Waals surface area contributed by atoms with E-state index in [9.17, 15) is 15.0 Å².